The molecule has 0 unspecified atom stereocenters. The molecule has 0 aliphatic carbocycles. The fourth-order valence-electron chi connectivity index (χ4n) is 1.48. The van der Waals surface area contributed by atoms with E-state index in [1.807, 2.05) is 24.3 Å². The summed E-state index contributed by atoms with van der Waals surface area (Å²) in [6, 6.07) is 9.32. The summed E-state index contributed by atoms with van der Waals surface area (Å²) in [5.41, 5.74) is 0.966. The normalized spacial score (nSPS) is 10.2. The van der Waals surface area contributed by atoms with Crippen LogP contribution in [0.2, 0.25) is 10.0 Å². The highest BCUT2D eigenvalue weighted by molar-refractivity contribution is 9.10. The number of rotatable bonds is 3. The summed E-state index contributed by atoms with van der Waals surface area (Å²) in [5.74, 6) is 0.506. The van der Waals surface area contributed by atoms with Crippen LogP contribution >= 0.6 is 51.3 Å². The highest BCUT2D eigenvalue weighted by Crippen LogP contribution is 2.22. The maximum atomic E-state index is 6.07. The van der Waals surface area contributed by atoms with Crippen LogP contribution in [0.3, 0.4) is 0 Å². The Kier molecular flexibility index (Phi) is 5.60. The summed E-state index contributed by atoms with van der Waals surface area (Å²) in [5, 5.41) is 7.61. The molecule has 20 heavy (non-hydrogen) atoms. The number of anilines is 1. The molecule has 0 aliphatic heterocycles. The zero-order chi connectivity index (χ0) is 14.5. The first-order valence-corrected chi connectivity index (χ1v) is 7.61. The van der Waals surface area contributed by atoms with Gasteiger partial charge in [0.05, 0.1) is 5.02 Å². The molecule has 2 aromatic rings. The summed E-state index contributed by atoms with van der Waals surface area (Å²) < 4.78 is 0.808. The van der Waals surface area contributed by atoms with Crippen LogP contribution < -0.4 is 10.6 Å². The van der Waals surface area contributed by atoms with Gasteiger partial charge in [0.2, 0.25) is 0 Å². The van der Waals surface area contributed by atoms with Crippen LogP contribution in [0.1, 0.15) is 5.56 Å². The maximum Gasteiger partial charge on any atom is 0.172 e. The Morgan fingerprint density at radius 1 is 1.25 bits per heavy atom. The van der Waals surface area contributed by atoms with Crippen LogP contribution in [0.5, 0.6) is 0 Å². The topological polar surface area (TPSA) is 37.0 Å². The average molecular weight is 391 g/mol. The van der Waals surface area contributed by atoms with E-state index in [9.17, 15) is 0 Å². The third-order valence-corrected chi connectivity index (χ3v) is 3.77. The first-order chi connectivity index (χ1) is 9.56. The molecule has 3 nitrogen and oxygen atoms in total. The number of benzene rings is 1. The number of halogens is 3. The molecule has 1 aromatic heterocycles. The Morgan fingerprint density at radius 3 is 2.70 bits per heavy atom. The van der Waals surface area contributed by atoms with E-state index in [1.54, 1.807) is 12.3 Å². The van der Waals surface area contributed by atoms with Gasteiger partial charge in [-0.25, -0.2) is 4.98 Å². The van der Waals surface area contributed by atoms with Gasteiger partial charge in [0, 0.05) is 22.2 Å². The summed E-state index contributed by atoms with van der Waals surface area (Å²) in [6.45, 7) is 0.527. The van der Waals surface area contributed by atoms with E-state index in [2.05, 4.69) is 31.5 Å². The van der Waals surface area contributed by atoms with Crippen LogP contribution in [0.4, 0.5) is 5.82 Å². The van der Waals surface area contributed by atoms with Crippen molar-refractivity contribution in [1.29, 1.82) is 0 Å². The Bertz CT molecular complexity index is 637. The molecule has 104 valence electrons. The van der Waals surface area contributed by atoms with Crippen molar-refractivity contribution in [2.45, 2.75) is 6.54 Å². The summed E-state index contributed by atoms with van der Waals surface area (Å²) in [7, 11) is 0. The van der Waals surface area contributed by atoms with Gasteiger partial charge in [0.15, 0.2) is 10.9 Å². The number of hydrogen-bond donors (Lipinski definition) is 2. The summed E-state index contributed by atoms with van der Waals surface area (Å²) in [6.07, 6.45) is 1.64. The van der Waals surface area contributed by atoms with E-state index in [-0.39, 0.29) is 0 Å². The Morgan fingerprint density at radius 2 is 2.00 bits per heavy atom. The maximum absolute atomic E-state index is 6.07. The smallest absolute Gasteiger partial charge is 0.172 e. The highest BCUT2D eigenvalue weighted by atomic mass is 79.9. The highest BCUT2D eigenvalue weighted by Gasteiger charge is 2.05. The lowest BCUT2D eigenvalue weighted by molar-refractivity contribution is 0.925. The minimum absolute atomic E-state index is 0.432. The zero-order valence-corrected chi connectivity index (χ0v) is 14.1. The summed E-state index contributed by atoms with van der Waals surface area (Å²) >= 11 is 20.6. The molecule has 1 heterocycles. The van der Waals surface area contributed by atoms with Gasteiger partial charge in [-0.3, -0.25) is 0 Å². The molecule has 0 radical (unpaired) electrons. The Labute approximate surface area is 140 Å². The van der Waals surface area contributed by atoms with Crippen LogP contribution in [0.15, 0.2) is 41.0 Å². The second-order valence-electron chi connectivity index (χ2n) is 3.88. The lowest BCUT2D eigenvalue weighted by Gasteiger charge is -2.11. The molecular formula is C13H10BrCl2N3S. The molecule has 7 heteroatoms. The van der Waals surface area contributed by atoms with Crippen molar-refractivity contribution in [3.8, 4) is 0 Å². The number of nitrogens with zero attached hydrogens (tertiary/aromatic N) is 1. The van der Waals surface area contributed by atoms with Crippen LogP contribution in [0.25, 0.3) is 0 Å². The second-order valence-corrected chi connectivity index (χ2v) is 6.02. The van der Waals surface area contributed by atoms with Gasteiger partial charge in [-0.15, -0.1) is 0 Å². The second kappa shape index (κ2) is 7.22. The lowest BCUT2D eigenvalue weighted by atomic mass is 10.2. The van der Waals surface area contributed by atoms with Gasteiger partial charge >= 0.3 is 0 Å². The van der Waals surface area contributed by atoms with E-state index >= 15 is 0 Å². The van der Waals surface area contributed by atoms with Gasteiger partial charge < -0.3 is 10.6 Å². The fourth-order valence-corrected chi connectivity index (χ4v) is 2.52. The molecular weight excluding hydrogens is 381 g/mol. The predicted octanol–water partition coefficient (Wildman–Crippen LogP) is 4.64. The molecule has 0 aliphatic rings. The molecule has 0 saturated carbocycles. The van der Waals surface area contributed by atoms with Crippen molar-refractivity contribution in [2.24, 2.45) is 0 Å². The number of pyridine rings is 1. The lowest BCUT2D eigenvalue weighted by Crippen LogP contribution is -2.28. The molecule has 0 atom stereocenters. The first-order valence-electron chi connectivity index (χ1n) is 5.65. The van der Waals surface area contributed by atoms with E-state index in [0.29, 0.717) is 27.5 Å². The monoisotopic (exact) mass is 389 g/mol. The molecule has 0 amide bonds. The van der Waals surface area contributed by atoms with Crippen molar-refractivity contribution in [3.05, 3.63) is 56.6 Å². The number of aromatic nitrogens is 1. The van der Waals surface area contributed by atoms with Gasteiger partial charge in [-0.1, -0.05) is 41.4 Å². The number of nitrogens with one attached hydrogen (secondary N) is 2. The van der Waals surface area contributed by atoms with Crippen LogP contribution in [0, 0.1) is 0 Å². The fraction of sp³-hybridized carbons (Fsp3) is 0.0769. The minimum Gasteiger partial charge on any atom is -0.358 e. The van der Waals surface area contributed by atoms with Crippen LogP contribution in [-0.2, 0) is 6.54 Å². The van der Waals surface area contributed by atoms with Gasteiger partial charge in [-0.2, -0.15) is 0 Å². The third-order valence-electron chi connectivity index (χ3n) is 2.44. The van der Waals surface area contributed by atoms with Crippen molar-refractivity contribution in [1.82, 2.24) is 10.3 Å². The first kappa shape index (κ1) is 15.5. The Hall–Kier alpha value is -0.880. The zero-order valence-electron chi connectivity index (χ0n) is 10.2. The molecule has 0 spiro atoms. The van der Waals surface area contributed by atoms with Crippen molar-refractivity contribution >= 4 is 62.3 Å². The van der Waals surface area contributed by atoms with Gasteiger partial charge in [0.1, 0.15) is 0 Å². The van der Waals surface area contributed by atoms with E-state index < -0.39 is 0 Å². The van der Waals surface area contributed by atoms with E-state index in [4.69, 9.17) is 35.4 Å². The standard InChI is InChI=1S/C13H10BrCl2N3S/c14-9-5-11(16)12(17-7-9)19-13(20)18-6-8-3-1-2-4-10(8)15/h1-5,7H,6H2,(H2,17,18,19,20). The number of thiocarbonyl (C=S) groups is 1. The third kappa shape index (κ3) is 4.31. The van der Waals surface area contributed by atoms with Crippen molar-refractivity contribution < 1.29 is 0 Å². The SMILES string of the molecule is S=C(NCc1ccccc1Cl)Nc1ncc(Br)cc1Cl. The summed E-state index contributed by atoms with van der Waals surface area (Å²) in [4.78, 5) is 4.15. The minimum atomic E-state index is 0.432. The van der Waals surface area contributed by atoms with Gasteiger partial charge in [-0.05, 0) is 45.8 Å². The molecule has 2 rings (SSSR count). The largest absolute Gasteiger partial charge is 0.358 e. The van der Waals surface area contributed by atoms with Crippen LogP contribution in [-0.4, -0.2) is 10.1 Å². The molecule has 2 N–H and O–H groups in total. The predicted molar refractivity (Wildman–Crippen MR) is 91.5 cm³/mol. The van der Waals surface area contributed by atoms with Gasteiger partial charge in [0.25, 0.3) is 0 Å². The molecule has 0 bridgehead atoms. The molecule has 0 saturated heterocycles. The average Bonchev–Trinajstić information content (AvgIpc) is 2.41. The molecule has 0 fully saturated rings. The van der Waals surface area contributed by atoms with Crippen molar-refractivity contribution in [2.75, 3.05) is 5.32 Å². The van der Waals surface area contributed by atoms with E-state index in [1.165, 1.54) is 0 Å². The molecule has 1 aromatic carbocycles. The van der Waals surface area contributed by atoms with Crippen molar-refractivity contribution in [3.63, 3.8) is 0 Å². The number of hydrogen-bond acceptors (Lipinski definition) is 2. The quantitative estimate of drug-likeness (QED) is 0.748. The van der Waals surface area contributed by atoms with E-state index in [0.717, 1.165) is 10.0 Å². The Balaban J connectivity index is 1.94.